The summed E-state index contributed by atoms with van der Waals surface area (Å²) in [5.74, 6) is 1.20. The molecule has 1 aliphatic heterocycles. The highest BCUT2D eigenvalue weighted by atomic mass is 32.2. The summed E-state index contributed by atoms with van der Waals surface area (Å²) in [7, 11) is -1.51. The third-order valence-electron chi connectivity index (χ3n) is 6.20. The Hall–Kier alpha value is -3.79. The monoisotopic (exact) mass is 491 g/mol. The second-order valence-corrected chi connectivity index (χ2v) is 10.8. The smallest absolute Gasteiger partial charge is 0.272 e. The van der Waals surface area contributed by atoms with E-state index in [1.807, 2.05) is 54.0 Å². The van der Waals surface area contributed by atoms with Crippen molar-refractivity contribution in [3.8, 4) is 17.0 Å². The number of amides is 1. The normalized spacial score (nSPS) is 16.9. The summed E-state index contributed by atoms with van der Waals surface area (Å²) in [6, 6.07) is 12.7. The number of nitrogens with one attached hydrogen (secondary N) is 1. The van der Waals surface area contributed by atoms with Crippen LogP contribution in [0, 0.1) is 6.92 Å². The van der Waals surface area contributed by atoms with Gasteiger partial charge >= 0.3 is 0 Å². The molecule has 4 heterocycles. The van der Waals surface area contributed by atoms with E-state index in [0.29, 0.717) is 41.3 Å². The van der Waals surface area contributed by atoms with Crippen LogP contribution >= 0.6 is 0 Å². The number of nitrogens with zero attached hydrogens (tertiary/aromatic N) is 4. The molecule has 4 aromatic rings. The second-order valence-electron chi connectivity index (χ2n) is 8.58. The molecule has 180 valence electrons. The first-order valence-corrected chi connectivity index (χ1v) is 13.1. The maximum Gasteiger partial charge on any atom is 0.272 e. The summed E-state index contributed by atoms with van der Waals surface area (Å²) in [4.78, 5) is 26.7. The Morgan fingerprint density at radius 3 is 2.66 bits per heavy atom. The van der Waals surface area contributed by atoms with Crippen LogP contribution in [0.25, 0.3) is 22.3 Å². The number of pyridine rings is 2. The van der Waals surface area contributed by atoms with E-state index in [2.05, 4.69) is 20.3 Å². The number of aryl methyl sites for hydroxylation is 1. The van der Waals surface area contributed by atoms with Gasteiger partial charge in [-0.2, -0.15) is 0 Å². The average Bonchev–Trinajstić information content (AvgIpc) is 3.39. The van der Waals surface area contributed by atoms with E-state index in [1.165, 1.54) is 0 Å². The lowest BCUT2D eigenvalue weighted by molar-refractivity contribution is 0.0947. The topological polar surface area (TPSA) is 116 Å². The number of aromatic nitrogens is 4. The van der Waals surface area contributed by atoms with Crippen LogP contribution in [-0.2, 0) is 16.4 Å². The third kappa shape index (κ3) is 4.61. The van der Waals surface area contributed by atoms with Gasteiger partial charge < -0.3 is 14.6 Å². The lowest BCUT2D eigenvalue weighted by atomic mass is 10.1. The minimum atomic E-state index is -3.11. The predicted octanol–water partition coefficient (Wildman–Crippen LogP) is 3.10. The van der Waals surface area contributed by atoms with Gasteiger partial charge in [-0.05, 0) is 55.3 Å². The number of imidazole rings is 1. The molecule has 1 unspecified atom stereocenters. The molecule has 1 saturated heterocycles. The molecular formula is C25H25N5O4S. The van der Waals surface area contributed by atoms with Crippen LogP contribution < -0.4 is 10.1 Å². The minimum Gasteiger partial charge on any atom is -0.497 e. The van der Waals surface area contributed by atoms with Crippen molar-refractivity contribution in [3.63, 3.8) is 0 Å². The van der Waals surface area contributed by atoms with Crippen LogP contribution in [0.4, 0.5) is 0 Å². The van der Waals surface area contributed by atoms with Crippen molar-refractivity contribution in [2.24, 2.45) is 0 Å². The van der Waals surface area contributed by atoms with Gasteiger partial charge in [0.2, 0.25) is 0 Å². The van der Waals surface area contributed by atoms with E-state index in [4.69, 9.17) is 4.74 Å². The van der Waals surface area contributed by atoms with Gasteiger partial charge in [0.15, 0.2) is 15.5 Å². The number of hydrogen-bond donors (Lipinski definition) is 1. The Bertz CT molecular complexity index is 1500. The number of fused-ring (bicyclic) bond motifs is 1. The summed E-state index contributed by atoms with van der Waals surface area (Å²) in [6.45, 7) is 2.12. The number of methoxy groups -OCH3 is 1. The van der Waals surface area contributed by atoms with Gasteiger partial charge in [0.05, 0.1) is 35.9 Å². The first-order valence-electron chi connectivity index (χ1n) is 11.3. The first-order chi connectivity index (χ1) is 16.8. The van der Waals surface area contributed by atoms with Gasteiger partial charge in [-0.25, -0.2) is 18.4 Å². The summed E-state index contributed by atoms with van der Waals surface area (Å²) in [5.41, 5.74) is 3.60. The predicted molar refractivity (Wildman–Crippen MR) is 132 cm³/mol. The fourth-order valence-electron chi connectivity index (χ4n) is 4.49. The Labute approximate surface area is 203 Å². The molecule has 0 bridgehead atoms. The van der Waals surface area contributed by atoms with E-state index < -0.39 is 9.84 Å². The van der Waals surface area contributed by atoms with Crippen LogP contribution in [0.15, 0.2) is 54.9 Å². The van der Waals surface area contributed by atoms with Gasteiger partial charge in [-0.3, -0.25) is 9.78 Å². The molecule has 10 heteroatoms. The number of hydrogen-bond acceptors (Lipinski definition) is 7. The van der Waals surface area contributed by atoms with E-state index in [0.717, 1.165) is 11.1 Å². The minimum absolute atomic E-state index is 0.0576. The molecular weight excluding hydrogens is 466 g/mol. The van der Waals surface area contributed by atoms with E-state index >= 15 is 0 Å². The molecule has 5 rings (SSSR count). The van der Waals surface area contributed by atoms with Crippen LogP contribution in [0.2, 0.25) is 0 Å². The third-order valence-corrected chi connectivity index (χ3v) is 7.96. The molecule has 3 aromatic heterocycles. The molecule has 1 N–H and O–H groups in total. The van der Waals surface area contributed by atoms with Crippen LogP contribution in [0.3, 0.4) is 0 Å². The molecule has 35 heavy (non-hydrogen) atoms. The van der Waals surface area contributed by atoms with Crippen molar-refractivity contribution < 1.29 is 17.9 Å². The fraction of sp³-hybridized carbons (Fsp3) is 0.280. The molecule has 0 radical (unpaired) electrons. The molecule has 1 aliphatic rings. The van der Waals surface area contributed by atoms with Crippen molar-refractivity contribution in [1.29, 1.82) is 0 Å². The summed E-state index contributed by atoms with van der Waals surface area (Å²) >= 11 is 0. The highest BCUT2D eigenvalue weighted by Gasteiger charge is 2.32. The number of carbonyl (C=O) groups excluding carboxylic acids is 1. The van der Waals surface area contributed by atoms with E-state index in [1.54, 1.807) is 19.5 Å². The Kier molecular flexibility index (Phi) is 5.98. The van der Waals surface area contributed by atoms with Gasteiger partial charge in [0.25, 0.3) is 5.91 Å². The molecule has 0 spiro atoms. The summed E-state index contributed by atoms with van der Waals surface area (Å²) < 4.78 is 31.6. The van der Waals surface area contributed by atoms with Gasteiger partial charge in [0, 0.05) is 24.5 Å². The highest BCUT2D eigenvalue weighted by Crippen LogP contribution is 2.32. The first kappa shape index (κ1) is 23.0. The Morgan fingerprint density at radius 1 is 1.20 bits per heavy atom. The zero-order valence-corrected chi connectivity index (χ0v) is 20.2. The van der Waals surface area contributed by atoms with Crippen LogP contribution in [0.5, 0.6) is 5.75 Å². The largest absolute Gasteiger partial charge is 0.497 e. The van der Waals surface area contributed by atoms with Gasteiger partial charge in [0.1, 0.15) is 17.1 Å². The Balaban J connectivity index is 1.61. The summed E-state index contributed by atoms with van der Waals surface area (Å²) in [6.07, 6.45) is 3.88. The number of benzene rings is 1. The maximum absolute atomic E-state index is 13.3. The van der Waals surface area contributed by atoms with Crippen molar-refractivity contribution in [1.82, 2.24) is 24.8 Å². The highest BCUT2D eigenvalue weighted by molar-refractivity contribution is 7.91. The van der Waals surface area contributed by atoms with Gasteiger partial charge in [-0.1, -0.05) is 6.07 Å². The molecule has 1 fully saturated rings. The van der Waals surface area contributed by atoms with Gasteiger partial charge in [-0.15, -0.1) is 0 Å². The lowest BCUT2D eigenvalue weighted by Gasteiger charge is -2.15. The molecule has 1 aromatic carbocycles. The molecule has 9 nitrogen and oxygen atoms in total. The molecule has 1 amide bonds. The van der Waals surface area contributed by atoms with Crippen molar-refractivity contribution in [2.75, 3.05) is 18.6 Å². The standard InChI is InChI=1S/C25H25N5O4S/c1-16-28-23-22(30(16)19-9-11-35(32,33)15-19)12-21(18-5-7-20(34-2)8-6-18)29-24(23)25(31)27-14-17-4-3-10-26-13-17/h3-8,10,12-13,19H,9,11,14-15H2,1-2H3,(H,27,31). The number of sulfone groups is 1. The quantitative estimate of drug-likeness (QED) is 0.441. The number of ether oxygens (including phenoxy) is 1. The van der Waals surface area contributed by atoms with Crippen molar-refractivity contribution in [3.05, 3.63) is 71.9 Å². The van der Waals surface area contributed by atoms with E-state index in [9.17, 15) is 13.2 Å². The fourth-order valence-corrected chi connectivity index (χ4v) is 6.19. The second kappa shape index (κ2) is 9.10. The van der Waals surface area contributed by atoms with Crippen LogP contribution in [0.1, 0.15) is 34.3 Å². The van der Waals surface area contributed by atoms with Crippen LogP contribution in [-0.4, -0.2) is 52.5 Å². The molecule has 1 atom stereocenters. The molecule has 0 saturated carbocycles. The average molecular weight is 492 g/mol. The Morgan fingerprint density at radius 2 is 2.00 bits per heavy atom. The zero-order chi connectivity index (χ0) is 24.6. The number of carbonyl (C=O) groups is 1. The SMILES string of the molecule is COc1ccc(-c2cc3c(nc(C)n3C3CCS(=O)(=O)C3)c(C(=O)NCc3cccnc3)n2)cc1. The number of rotatable bonds is 6. The zero-order valence-electron chi connectivity index (χ0n) is 19.4. The lowest BCUT2D eigenvalue weighted by Crippen LogP contribution is -2.24. The maximum atomic E-state index is 13.3. The summed E-state index contributed by atoms with van der Waals surface area (Å²) in [5, 5.41) is 2.91. The van der Waals surface area contributed by atoms with Crippen molar-refractivity contribution in [2.45, 2.75) is 25.9 Å². The molecule has 0 aliphatic carbocycles. The van der Waals surface area contributed by atoms with Crippen molar-refractivity contribution >= 4 is 26.8 Å². The van der Waals surface area contributed by atoms with E-state index in [-0.39, 0.29) is 29.1 Å².